The SMILES string of the molecule is CC(C)C(C)N(C)S(=O)(=O)c1cnn(CCCN)c1. The minimum Gasteiger partial charge on any atom is -0.330 e. The summed E-state index contributed by atoms with van der Waals surface area (Å²) in [5.74, 6) is 0.257. The standard InChI is InChI=1S/C12H24N4O2S/c1-10(2)11(3)15(4)19(17,18)12-8-14-16(9-12)7-5-6-13/h8-11H,5-7,13H2,1-4H3. The third kappa shape index (κ3) is 3.77. The van der Waals surface area contributed by atoms with Gasteiger partial charge in [0.2, 0.25) is 10.0 Å². The molecule has 1 heterocycles. The van der Waals surface area contributed by atoms with Crippen LogP contribution in [-0.4, -0.2) is 42.1 Å². The number of hydrogen-bond acceptors (Lipinski definition) is 4. The van der Waals surface area contributed by atoms with Crippen LogP contribution in [0.3, 0.4) is 0 Å². The fourth-order valence-corrected chi connectivity index (χ4v) is 3.11. The molecule has 0 bridgehead atoms. The van der Waals surface area contributed by atoms with E-state index >= 15 is 0 Å². The molecule has 0 spiro atoms. The molecule has 0 aliphatic carbocycles. The molecule has 0 aromatic carbocycles. The monoisotopic (exact) mass is 288 g/mol. The topological polar surface area (TPSA) is 81.2 Å². The van der Waals surface area contributed by atoms with Gasteiger partial charge in [-0.3, -0.25) is 4.68 Å². The van der Waals surface area contributed by atoms with Crippen LogP contribution in [0.25, 0.3) is 0 Å². The molecular formula is C12H24N4O2S. The second kappa shape index (κ2) is 6.49. The quantitative estimate of drug-likeness (QED) is 0.808. The lowest BCUT2D eigenvalue weighted by Crippen LogP contribution is -2.38. The van der Waals surface area contributed by atoms with Crippen LogP contribution in [0.15, 0.2) is 17.3 Å². The first-order valence-electron chi connectivity index (χ1n) is 6.51. The van der Waals surface area contributed by atoms with E-state index in [0.717, 1.165) is 6.42 Å². The smallest absolute Gasteiger partial charge is 0.246 e. The molecule has 0 radical (unpaired) electrons. The highest BCUT2D eigenvalue weighted by molar-refractivity contribution is 7.89. The lowest BCUT2D eigenvalue weighted by molar-refractivity contribution is 0.315. The highest BCUT2D eigenvalue weighted by Crippen LogP contribution is 2.19. The number of aryl methyl sites for hydroxylation is 1. The third-order valence-electron chi connectivity index (χ3n) is 3.42. The van der Waals surface area contributed by atoms with Gasteiger partial charge in [-0.25, -0.2) is 8.42 Å². The van der Waals surface area contributed by atoms with Crippen molar-refractivity contribution in [3.05, 3.63) is 12.4 Å². The lowest BCUT2D eigenvalue weighted by atomic mass is 10.1. The minimum absolute atomic E-state index is 0.0580. The molecule has 1 aromatic rings. The van der Waals surface area contributed by atoms with Gasteiger partial charge in [0.25, 0.3) is 0 Å². The number of nitrogens with zero attached hydrogens (tertiary/aromatic N) is 3. The minimum atomic E-state index is -3.47. The summed E-state index contributed by atoms with van der Waals surface area (Å²) in [6.07, 6.45) is 3.74. The molecule has 0 aliphatic rings. The van der Waals surface area contributed by atoms with Crippen molar-refractivity contribution in [2.45, 2.75) is 44.7 Å². The Morgan fingerprint density at radius 3 is 2.58 bits per heavy atom. The molecule has 1 aromatic heterocycles. The molecule has 0 amide bonds. The van der Waals surface area contributed by atoms with Crippen molar-refractivity contribution < 1.29 is 8.42 Å². The summed E-state index contributed by atoms with van der Waals surface area (Å²) >= 11 is 0. The van der Waals surface area contributed by atoms with E-state index in [-0.39, 0.29) is 16.9 Å². The maximum Gasteiger partial charge on any atom is 0.246 e. The van der Waals surface area contributed by atoms with Gasteiger partial charge < -0.3 is 5.73 Å². The number of aromatic nitrogens is 2. The van der Waals surface area contributed by atoms with Crippen molar-refractivity contribution in [3.63, 3.8) is 0 Å². The van der Waals surface area contributed by atoms with Crippen molar-refractivity contribution in [1.29, 1.82) is 0 Å². The summed E-state index contributed by atoms with van der Waals surface area (Å²) in [5, 5.41) is 4.06. The van der Waals surface area contributed by atoms with Gasteiger partial charge in [-0.05, 0) is 25.8 Å². The van der Waals surface area contributed by atoms with Gasteiger partial charge in [-0.15, -0.1) is 0 Å². The molecule has 1 atom stereocenters. The zero-order chi connectivity index (χ0) is 14.6. The van der Waals surface area contributed by atoms with Crippen molar-refractivity contribution in [1.82, 2.24) is 14.1 Å². The van der Waals surface area contributed by atoms with E-state index in [1.54, 1.807) is 17.9 Å². The van der Waals surface area contributed by atoms with Crippen LogP contribution in [0, 0.1) is 5.92 Å². The molecule has 0 fully saturated rings. The highest BCUT2D eigenvalue weighted by Gasteiger charge is 2.28. The number of sulfonamides is 1. The molecule has 7 heteroatoms. The molecule has 0 saturated heterocycles. The first-order chi connectivity index (χ1) is 8.80. The van der Waals surface area contributed by atoms with Crippen molar-refractivity contribution in [2.24, 2.45) is 11.7 Å². The van der Waals surface area contributed by atoms with E-state index in [4.69, 9.17) is 5.73 Å². The summed E-state index contributed by atoms with van der Waals surface area (Å²) in [6, 6.07) is -0.0580. The van der Waals surface area contributed by atoms with E-state index in [2.05, 4.69) is 5.10 Å². The summed E-state index contributed by atoms with van der Waals surface area (Å²) in [4.78, 5) is 0.236. The van der Waals surface area contributed by atoms with Crippen LogP contribution in [0.4, 0.5) is 0 Å². The molecular weight excluding hydrogens is 264 g/mol. The van der Waals surface area contributed by atoms with Crippen molar-refractivity contribution in [3.8, 4) is 0 Å². The summed E-state index contributed by atoms with van der Waals surface area (Å²) < 4.78 is 27.8. The largest absolute Gasteiger partial charge is 0.330 e. The molecule has 6 nitrogen and oxygen atoms in total. The van der Waals surface area contributed by atoms with Gasteiger partial charge in [0.1, 0.15) is 4.90 Å². The molecule has 1 unspecified atom stereocenters. The number of hydrogen-bond donors (Lipinski definition) is 1. The normalized spacial score (nSPS) is 14.3. The Balaban J connectivity index is 2.91. The van der Waals surface area contributed by atoms with Gasteiger partial charge in [-0.2, -0.15) is 9.40 Å². The first-order valence-corrected chi connectivity index (χ1v) is 7.95. The van der Waals surface area contributed by atoms with Crippen molar-refractivity contribution in [2.75, 3.05) is 13.6 Å². The lowest BCUT2D eigenvalue weighted by Gasteiger charge is -2.26. The average molecular weight is 288 g/mol. The fraction of sp³-hybridized carbons (Fsp3) is 0.750. The molecule has 110 valence electrons. The maximum atomic E-state index is 12.4. The van der Waals surface area contributed by atoms with Crippen LogP contribution in [0.5, 0.6) is 0 Å². The zero-order valence-electron chi connectivity index (χ0n) is 12.1. The molecule has 19 heavy (non-hydrogen) atoms. The van der Waals surface area contributed by atoms with Gasteiger partial charge in [0.05, 0.1) is 6.20 Å². The van der Waals surface area contributed by atoms with E-state index in [9.17, 15) is 8.42 Å². The van der Waals surface area contributed by atoms with E-state index in [0.29, 0.717) is 13.1 Å². The molecule has 0 aliphatic heterocycles. The first kappa shape index (κ1) is 16.1. The Morgan fingerprint density at radius 1 is 1.42 bits per heavy atom. The maximum absolute atomic E-state index is 12.4. The molecule has 1 rings (SSSR count). The third-order valence-corrected chi connectivity index (χ3v) is 5.31. The second-order valence-electron chi connectivity index (χ2n) is 5.09. The Morgan fingerprint density at radius 2 is 2.05 bits per heavy atom. The summed E-state index contributed by atoms with van der Waals surface area (Å²) in [5.41, 5.74) is 5.42. The van der Waals surface area contributed by atoms with E-state index in [1.165, 1.54) is 10.5 Å². The Kier molecular flexibility index (Phi) is 5.51. The fourth-order valence-electron chi connectivity index (χ4n) is 1.66. The zero-order valence-corrected chi connectivity index (χ0v) is 12.9. The van der Waals surface area contributed by atoms with Crippen LogP contribution in [0.2, 0.25) is 0 Å². The Bertz CT molecular complexity index is 496. The Hall–Kier alpha value is -0.920. The number of rotatable bonds is 7. The number of nitrogens with two attached hydrogens (primary N) is 1. The van der Waals surface area contributed by atoms with Gasteiger partial charge in [-0.1, -0.05) is 13.8 Å². The van der Waals surface area contributed by atoms with Crippen molar-refractivity contribution >= 4 is 10.0 Å². The van der Waals surface area contributed by atoms with Gasteiger partial charge >= 0.3 is 0 Å². The Labute approximate surface area is 115 Å². The van der Waals surface area contributed by atoms with Gasteiger partial charge in [0.15, 0.2) is 0 Å². The molecule has 0 saturated carbocycles. The van der Waals surface area contributed by atoms with E-state index in [1.807, 2.05) is 20.8 Å². The highest BCUT2D eigenvalue weighted by atomic mass is 32.2. The molecule has 2 N–H and O–H groups in total. The summed E-state index contributed by atoms with van der Waals surface area (Å²) in [6.45, 7) is 7.10. The predicted molar refractivity (Wildman–Crippen MR) is 75.1 cm³/mol. The van der Waals surface area contributed by atoms with Gasteiger partial charge in [0, 0.05) is 25.8 Å². The second-order valence-corrected chi connectivity index (χ2v) is 7.08. The van der Waals surface area contributed by atoms with E-state index < -0.39 is 10.0 Å². The predicted octanol–water partition coefficient (Wildman–Crippen LogP) is 0.897. The van der Waals surface area contributed by atoms with Crippen LogP contribution in [0.1, 0.15) is 27.2 Å². The summed E-state index contributed by atoms with van der Waals surface area (Å²) in [7, 11) is -1.86. The average Bonchev–Trinajstić information content (AvgIpc) is 2.83. The van der Waals surface area contributed by atoms with Crippen LogP contribution < -0.4 is 5.73 Å². The van der Waals surface area contributed by atoms with Crippen LogP contribution in [-0.2, 0) is 16.6 Å². The van der Waals surface area contributed by atoms with Crippen LogP contribution >= 0.6 is 0 Å².